The third-order valence-corrected chi connectivity index (χ3v) is 2.14. The van der Waals surface area contributed by atoms with Crippen molar-refractivity contribution in [2.45, 2.75) is 19.8 Å². The molecule has 0 radical (unpaired) electrons. The minimum Gasteiger partial charge on any atom is -0.404 e. The number of hydrogen-bond donors (Lipinski definition) is 2. The smallest absolute Gasteiger partial charge is 0.404 e. The highest BCUT2D eigenvalue weighted by Crippen LogP contribution is 2.37. The number of aryl methyl sites for hydroxylation is 1. The van der Waals surface area contributed by atoms with Crippen LogP contribution in [-0.2, 0) is 11.0 Å². The maximum atomic E-state index is 10.5. The molecule has 0 fully saturated rings. The zero-order valence-electron chi connectivity index (χ0n) is 7.88. The molecule has 2 N–H and O–H groups in total. The van der Waals surface area contributed by atoms with E-state index in [4.69, 9.17) is 9.79 Å². The summed E-state index contributed by atoms with van der Waals surface area (Å²) in [6.45, 7) is 2.07. The SMILES string of the molecule is CCCc1ccc(OP(=O)(O)O)cc1. The second-order valence-electron chi connectivity index (χ2n) is 2.98. The molecule has 0 unspecified atom stereocenters. The molecule has 0 heterocycles. The van der Waals surface area contributed by atoms with E-state index in [2.05, 4.69) is 11.4 Å². The van der Waals surface area contributed by atoms with Gasteiger partial charge in [-0.05, 0) is 24.1 Å². The van der Waals surface area contributed by atoms with E-state index in [-0.39, 0.29) is 5.75 Å². The Labute approximate surface area is 82.8 Å². The third-order valence-electron chi connectivity index (χ3n) is 1.69. The van der Waals surface area contributed by atoms with E-state index >= 15 is 0 Å². The Morgan fingerprint density at radius 2 is 1.86 bits per heavy atom. The average molecular weight is 216 g/mol. The van der Waals surface area contributed by atoms with Gasteiger partial charge in [0.15, 0.2) is 0 Å². The second kappa shape index (κ2) is 4.60. The van der Waals surface area contributed by atoms with Crippen LogP contribution in [0.15, 0.2) is 24.3 Å². The predicted octanol–water partition coefficient (Wildman–Crippen LogP) is 2.11. The summed E-state index contributed by atoms with van der Waals surface area (Å²) < 4.78 is 14.9. The van der Waals surface area contributed by atoms with Crippen molar-refractivity contribution in [3.8, 4) is 5.75 Å². The molecular weight excluding hydrogens is 203 g/mol. The number of phosphoric ester groups is 1. The molecule has 0 bridgehead atoms. The van der Waals surface area contributed by atoms with Gasteiger partial charge in [-0.15, -0.1) is 0 Å². The molecule has 14 heavy (non-hydrogen) atoms. The first-order chi connectivity index (χ1) is 6.51. The van der Waals surface area contributed by atoms with Gasteiger partial charge in [0.2, 0.25) is 0 Å². The summed E-state index contributed by atoms with van der Waals surface area (Å²) in [6, 6.07) is 6.72. The number of hydrogen-bond acceptors (Lipinski definition) is 2. The van der Waals surface area contributed by atoms with Crippen LogP contribution in [0, 0.1) is 0 Å². The number of phosphoric acid groups is 1. The molecule has 0 aliphatic heterocycles. The van der Waals surface area contributed by atoms with Crippen LogP contribution in [0.5, 0.6) is 5.75 Å². The summed E-state index contributed by atoms with van der Waals surface area (Å²) in [5.41, 5.74) is 1.13. The van der Waals surface area contributed by atoms with E-state index in [9.17, 15) is 4.57 Å². The molecular formula is C9H13O4P. The minimum atomic E-state index is -4.42. The highest BCUT2D eigenvalue weighted by atomic mass is 31.2. The molecule has 78 valence electrons. The molecule has 0 saturated carbocycles. The quantitative estimate of drug-likeness (QED) is 0.756. The van der Waals surface area contributed by atoms with E-state index in [1.165, 1.54) is 0 Å². The van der Waals surface area contributed by atoms with Crippen molar-refractivity contribution in [2.75, 3.05) is 0 Å². The monoisotopic (exact) mass is 216 g/mol. The Balaban J connectivity index is 2.69. The largest absolute Gasteiger partial charge is 0.524 e. The van der Waals surface area contributed by atoms with Gasteiger partial charge < -0.3 is 4.52 Å². The summed E-state index contributed by atoms with van der Waals surface area (Å²) >= 11 is 0. The first kappa shape index (κ1) is 11.2. The van der Waals surface area contributed by atoms with Crippen LogP contribution in [0.3, 0.4) is 0 Å². The molecule has 4 nitrogen and oxygen atoms in total. The van der Waals surface area contributed by atoms with Gasteiger partial charge in [0.1, 0.15) is 5.75 Å². The lowest BCUT2D eigenvalue weighted by Gasteiger charge is -2.06. The van der Waals surface area contributed by atoms with Gasteiger partial charge in [0.05, 0.1) is 0 Å². The maximum Gasteiger partial charge on any atom is 0.524 e. The zero-order chi connectivity index (χ0) is 10.6. The highest BCUT2D eigenvalue weighted by Gasteiger charge is 2.15. The molecule has 1 rings (SSSR count). The lowest BCUT2D eigenvalue weighted by molar-refractivity contribution is 0.283. The van der Waals surface area contributed by atoms with Crippen LogP contribution in [0.4, 0.5) is 0 Å². The van der Waals surface area contributed by atoms with Gasteiger partial charge in [0, 0.05) is 0 Å². The predicted molar refractivity (Wildman–Crippen MR) is 53.1 cm³/mol. The van der Waals surface area contributed by atoms with Crippen molar-refractivity contribution in [1.29, 1.82) is 0 Å². The lowest BCUT2D eigenvalue weighted by atomic mass is 10.1. The van der Waals surface area contributed by atoms with Crippen molar-refractivity contribution in [1.82, 2.24) is 0 Å². The fourth-order valence-corrected chi connectivity index (χ4v) is 1.54. The normalized spacial score (nSPS) is 11.4. The molecule has 0 aliphatic rings. The van der Waals surface area contributed by atoms with Crippen molar-refractivity contribution in [3.05, 3.63) is 29.8 Å². The molecule has 5 heteroatoms. The number of benzene rings is 1. The summed E-state index contributed by atoms with van der Waals surface area (Å²) in [5.74, 6) is 0.193. The Kier molecular flexibility index (Phi) is 3.69. The number of rotatable bonds is 4. The van der Waals surface area contributed by atoms with Gasteiger partial charge in [0.25, 0.3) is 0 Å². The maximum absolute atomic E-state index is 10.5. The summed E-state index contributed by atoms with van der Waals surface area (Å²) in [5, 5.41) is 0. The first-order valence-corrected chi connectivity index (χ1v) is 5.88. The van der Waals surface area contributed by atoms with Gasteiger partial charge in [-0.25, -0.2) is 4.57 Å². The summed E-state index contributed by atoms with van der Waals surface area (Å²) in [6.07, 6.45) is 1.99. The van der Waals surface area contributed by atoms with Crippen LogP contribution < -0.4 is 4.52 Å². The van der Waals surface area contributed by atoms with Crippen LogP contribution in [0.25, 0.3) is 0 Å². The zero-order valence-corrected chi connectivity index (χ0v) is 8.78. The Morgan fingerprint density at radius 3 is 2.29 bits per heavy atom. The topological polar surface area (TPSA) is 66.8 Å². The van der Waals surface area contributed by atoms with Crippen molar-refractivity contribution in [2.24, 2.45) is 0 Å². The van der Waals surface area contributed by atoms with Crippen molar-refractivity contribution < 1.29 is 18.9 Å². The molecule has 1 aromatic carbocycles. The fraction of sp³-hybridized carbons (Fsp3) is 0.333. The molecule has 0 aliphatic carbocycles. The van der Waals surface area contributed by atoms with Crippen LogP contribution >= 0.6 is 7.82 Å². The van der Waals surface area contributed by atoms with Gasteiger partial charge in [-0.1, -0.05) is 25.5 Å². The van der Waals surface area contributed by atoms with E-state index < -0.39 is 7.82 Å². The Morgan fingerprint density at radius 1 is 1.29 bits per heavy atom. The summed E-state index contributed by atoms with van der Waals surface area (Å²) in [4.78, 5) is 17.1. The van der Waals surface area contributed by atoms with Gasteiger partial charge in [-0.2, -0.15) is 0 Å². The fourth-order valence-electron chi connectivity index (χ4n) is 1.14. The van der Waals surface area contributed by atoms with Crippen LogP contribution in [0.1, 0.15) is 18.9 Å². The standard InChI is InChI=1S/C9H13O4P/c1-2-3-8-4-6-9(7-5-8)13-14(10,11)12/h4-7H,2-3H2,1H3,(H2,10,11,12). The molecule has 0 aromatic heterocycles. The van der Waals surface area contributed by atoms with E-state index in [1.54, 1.807) is 24.3 Å². The summed E-state index contributed by atoms with van der Waals surface area (Å²) in [7, 11) is -4.42. The van der Waals surface area contributed by atoms with E-state index in [0.717, 1.165) is 18.4 Å². The van der Waals surface area contributed by atoms with Gasteiger partial charge in [-0.3, -0.25) is 9.79 Å². The Bertz CT molecular complexity index is 327. The average Bonchev–Trinajstić information content (AvgIpc) is 2.06. The molecule has 1 aromatic rings. The van der Waals surface area contributed by atoms with Crippen molar-refractivity contribution >= 4 is 7.82 Å². The van der Waals surface area contributed by atoms with E-state index in [1.807, 2.05) is 0 Å². The van der Waals surface area contributed by atoms with Crippen LogP contribution in [0.2, 0.25) is 0 Å². The molecule has 0 saturated heterocycles. The molecule has 0 atom stereocenters. The second-order valence-corrected chi connectivity index (χ2v) is 4.14. The highest BCUT2D eigenvalue weighted by molar-refractivity contribution is 7.46. The van der Waals surface area contributed by atoms with E-state index in [0.29, 0.717) is 0 Å². The Hall–Kier alpha value is -0.830. The lowest BCUT2D eigenvalue weighted by Crippen LogP contribution is -1.90. The minimum absolute atomic E-state index is 0.193. The molecule has 0 amide bonds. The third kappa shape index (κ3) is 3.92. The molecule has 0 spiro atoms. The van der Waals surface area contributed by atoms with Gasteiger partial charge >= 0.3 is 7.82 Å². The van der Waals surface area contributed by atoms with Crippen LogP contribution in [-0.4, -0.2) is 9.79 Å². The first-order valence-electron chi connectivity index (χ1n) is 4.35. The van der Waals surface area contributed by atoms with Crippen molar-refractivity contribution in [3.63, 3.8) is 0 Å².